The maximum atomic E-state index is 13.9. The number of hydrogen-bond donors (Lipinski definition) is 1. The van der Waals surface area contributed by atoms with Gasteiger partial charge in [0.1, 0.15) is 11.6 Å². The van der Waals surface area contributed by atoms with Crippen LogP contribution in [0.3, 0.4) is 0 Å². The van der Waals surface area contributed by atoms with Crippen LogP contribution in [0.5, 0.6) is 0 Å². The summed E-state index contributed by atoms with van der Waals surface area (Å²) in [4.78, 5) is 0. The van der Waals surface area contributed by atoms with E-state index in [0.717, 1.165) is 6.07 Å². The zero-order chi connectivity index (χ0) is 14.0. The van der Waals surface area contributed by atoms with Crippen molar-refractivity contribution in [2.45, 2.75) is 13.0 Å². The highest BCUT2D eigenvalue weighted by Crippen LogP contribution is 2.28. The lowest BCUT2D eigenvalue weighted by atomic mass is 10.0. The predicted octanol–water partition coefficient (Wildman–Crippen LogP) is 2.55. The van der Waals surface area contributed by atoms with Crippen LogP contribution in [0.25, 0.3) is 0 Å². The Morgan fingerprint density at radius 1 is 1.42 bits per heavy atom. The molecule has 0 amide bonds. The van der Waals surface area contributed by atoms with E-state index in [1.54, 1.807) is 11.7 Å². The summed E-state index contributed by atoms with van der Waals surface area (Å²) in [7, 11) is 1.72. The molecule has 0 radical (unpaired) electrons. The van der Waals surface area contributed by atoms with E-state index in [9.17, 15) is 8.78 Å². The van der Waals surface area contributed by atoms with Crippen molar-refractivity contribution in [2.24, 2.45) is 7.05 Å². The topological polar surface area (TPSA) is 42.7 Å². The minimum atomic E-state index is -0.598. The fourth-order valence-corrected chi connectivity index (χ4v) is 2.50. The summed E-state index contributed by atoms with van der Waals surface area (Å²) in [6.45, 7) is 2.53. The normalized spacial score (nSPS) is 12.7. The summed E-state index contributed by atoms with van der Waals surface area (Å²) in [6, 6.07) is 3.09. The second-order valence-corrected chi connectivity index (χ2v) is 4.80. The Morgan fingerprint density at radius 3 is 2.68 bits per heavy atom. The van der Waals surface area contributed by atoms with E-state index in [0.29, 0.717) is 22.4 Å². The van der Waals surface area contributed by atoms with Crippen LogP contribution in [-0.2, 0) is 7.05 Å². The highest BCUT2D eigenvalue weighted by molar-refractivity contribution is 9.10. The van der Waals surface area contributed by atoms with Crippen LogP contribution >= 0.6 is 15.9 Å². The van der Waals surface area contributed by atoms with Crippen molar-refractivity contribution in [1.29, 1.82) is 0 Å². The predicted molar refractivity (Wildman–Crippen MR) is 70.6 cm³/mol. The molecule has 0 aliphatic heterocycles. The number of aryl methyl sites for hydroxylation is 1. The maximum Gasteiger partial charge on any atom is 0.153 e. The van der Waals surface area contributed by atoms with E-state index < -0.39 is 17.7 Å². The third-order valence-electron chi connectivity index (χ3n) is 2.78. The molecular weight excluding hydrogens is 318 g/mol. The molecule has 0 spiro atoms. The van der Waals surface area contributed by atoms with Crippen LogP contribution < -0.4 is 5.32 Å². The van der Waals surface area contributed by atoms with Gasteiger partial charge in [-0.15, -0.1) is 5.10 Å². The first-order chi connectivity index (χ1) is 9.04. The van der Waals surface area contributed by atoms with Gasteiger partial charge in [0, 0.05) is 18.7 Å². The average molecular weight is 331 g/mol. The Labute approximate surface area is 117 Å². The fourth-order valence-electron chi connectivity index (χ4n) is 1.94. The molecule has 2 aromatic rings. The molecule has 1 unspecified atom stereocenters. The van der Waals surface area contributed by atoms with Gasteiger partial charge in [-0.1, -0.05) is 18.2 Å². The Balaban J connectivity index is 2.51. The summed E-state index contributed by atoms with van der Waals surface area (Å²) in [6.07, 6.45) is 0. The van der Waals surface area contributed by atoms with Crippen LogP contribution in [-0.4, -0.2) is 21.5 Å². The van der Waals surface area contributed by atoms with E-state index in [-0.39, 0.29) is 0 Å². The standard InChI is InChI=1S/C12H13BrF2N4/c1-3-16-10(11-12(13)17-18-19(11)2)8-5-4-7(14)6-9(8)15/h4-6,10,16H,3H2,1-2H3. The molecule has 19 heavy (non-hydrogen) atoms. The summed E-state index contributed by atoms with van der Waals surface area (Å²) < 4.78 is 29.0. The van der Waals surface area contributed by atoms with E-state index in [1.165, 1.54) is 12.1 Å². The van der Waals surface area contributed by atoms with E-state index in [4.69, 9.17) is 0 Å². The molecular formula is C12H13BrF2N4. The molecule has 2 rings (SSSR count). The van der Waals surface area contributed by atoms with Gasteiger partial charge in [-0.3, -0.25) is 0 Å². The highest BCUT2D eigenvalue weighted by atomic mass is 79.9. The number of rotatable bonds is 4. The molecule has 1 atom stereocenters. The van der Waals surface area contributed by atoms with Gasteiger partial charge >= 0.3 is 0 Å². The van der Waals surface area contributed by atoms with Crippen LogP contribution in [0, 0.1) is 11.6 Å². The molecule has 0 bridgehead atoms. The van der Waals surface area contributed by atoms with Crippen LogP contribution in [0.1, 0.15) is 24.2 Å². The van der Waals surface area contributed by atoms with Gasteiger partial charge in [-0.2, -0.15) is 0 Å². The number of halogens is 3. The SMILES string of the molecule is CCNC(c1ccc(F)cc1F)c1c(Br)nnn1C. The lowest BCUT2D eigenvalue weighted by Crippen LogP contribution is -2.25. The molecule has 102 valence electrons. The quantitative estimate of drug-likeness (QED) is 0.936. The van der Waals surface area contributed by atoms with Gasteiger partial charge in [-0.05, 0) is 28.5 Å². The number of nitrogens with one attached hydrogen (secondary N) is 1. The van der Waals surface area contributed by atoms with Crippen molar-refractivity contribution in [3.05, 3.63) is 45.7 Å². The fraction of sp³-hybridized carbons (Fsp3) is 0.333. The third kappa shape index (κ3) is 2.82. The minimum Gasteiger partial charge on any atom is -0.305 e. The van der Waals surface area contributed by atoms with Crippen molar-refractivity contribution in [2.75, 3.05) is 6.54 Å². The average Bonchev–Trinajstić information content (AvgIpc) is 2.67. The molecule has 0 aliphatic rings. The minimum absolute atomic E-state index is 0.356. The largest absolute Gasteiger partial charge is 0.305 e. The van der Waals surface area contributed by atoms with Crippen molar-refractivity contribution in [1.82, 2.24) is 20.3 Å². The van der Waals surface area contributed by atoms with Crippen molar-refractivity contribution in [3.8, 4) is 0 Å². The molecule has 1 heterocycles. The van der Waals surface area contributed by atoms with Crippen molar-refractivity contribution in [3.63, 3.8) is 0 Å². The first kappa shape index (κ1) is 14.1. The lowest BCUT2D eigenvalue weighted by molar-refractivity contribution is 0.519. The highest BCUT2D eigenvalue weighted by Gasteiger charge is 2.24. The molecule has 0 saturated carbocycles. The Morgan fingerprint density at radius 2 is 2.16 bits per heavy atom. The van der Waals surface area contributed by atoms with Gasteiger partial charge in [0.15, 0.2) is 4.60 Å². The summed E-state index contributed by atoms with van der Waals surface area (Å²) in [5.41, 5.74) is 1.04. The Kier molecular flexibility index (Phi) is 4.26. The van der Waals surface area contributed by atoms with E-state index in [2.05, 4.69) is 31.6 Å². The molecule has 0 saturated heterocycles. The van der Waals surface area contributed by atoms with Crippen LogP contribution in [0.4, 0.5) is 8.78 Å². The third-order valence-corrected chi connectivity index (χ3v) is 3.35. The zero-order valence-corrected chi connectivity index (χ0v) is 12.1. The Bertz CT molecular complexity index is 566. The number of aromatic nitrogens is 3. The molecule has 7 heteroatoms. The smallest absolute Gasteiger partial charge is 0.153 e. The van der Waals surface area contributed by atoms with Crippen LogP contribution in [0.2, 0.25) is 0 Å². The zero-order valence-electron chi connectivity index (χ0n) is 10.5. The molecule has 0 fully saturated rings. The second-order valence-electron chi connectivity index (χ2n) is 4.05. The molecule has 1 aromatic carbocycles. The van der Waals surface area contributed by atoms with Gasteiger partial charge in [-0.25, -0.2) is 13.5 Å². The van der Waals surface area contributed by atoms with Gasteiger partial charge in [0.2, 0.25) is 0 Å². The number of benzene rings is 1. The first-order valence-electron chi connectivity index (χ1n) is 5.78. The summed E-state index contributed by atoms with van der Waals surface area (Å²) in [5, 5.41) is 10.9. The van der Waals surface area contributed by atoms with Crippen molar-refractivity contribution >= 4 is 15.9 Å². The van der Waals surface area contributed by atoms with Gasteiger partial charge in [0.05, 0.1) is 11.7 Å². The molecule has 1 aromatic heterocycles. The molecule has 0 aliphatic carbocycles. The van der Waals surface area contributed by atoms with E-state index >= 15 is 0 Å². The summed E-state index contributed by atoms with van der Waals surface area (Å²) in [5.74, 6) is -1.20. The molecule has 1 N–H and O–H groups in total. The number of hydrogen-bond acceptors (Lipinski definition) is 3. The maximum absolute atomic E-state index is 13.9. The lowest BCUT2D eigenvalue weighted by Gasteiger charge is -2.19. The number of nitrogens with zero attached hydrogens (tertiary/aromatic N) is 3. The van der Waals surface area contributed by atoms with Gasteiger partial charge in [0.25, 0.3) is 0 Å². The van der Waals surface area contributed by atoms with E-state index in [1.807, 2.05) is 6.92 Å². The monoisotopic (exact) mass is 330 g/mol. The van der Waals surface area contributed by atoms with Crippen LogP contribution in [0.15, 0.2) is 22.8 Å². The van der Waals surface area contributed by atoms with Crippen molar-refractivity contribution < 1.29 is 8.78 Å². The van der Waals surface area contributed by atoms with Gasteiger partial charge < -0.3 is 5.32 Å². The Hall–Kier alpha value is -1.34. The first-order valence-corrected chi connectivity index (χ1v) is 6.57. The summed E-state index contributed by atoms with van der Waals surface area (Å²) >= 11 is 3.29. The molecule has 4 nitrogen and oxygen atoms in total. The second kappa shape index (κ2) is 5.75.